The van der Waals surface area contributed by atoms with Gasteiger partial charge in [0.1, 0.15) is 11.5 Å². The highest BCUT2D eigenvalue weighted by Gasteiger charge is 2.27. The molecule has 1 aliphatic heterocycles. The minimum Gasteiger partial charge on any atom is -0.497 e. The summed E-state index contributed by atoms with van der Waals surface area (Å²) >= 11 is 1.76. The number of hydrogen-bond acceptors (Lipinski definition) is 5. The molecular weight excluding hydrogens is 272 g/mol. The van der Waals surface area contributed by atoms with Crippen LogP contribution in [0.2, 0.25) is 0 Å². The fourth-order valence-electron chi connectivity index (χ4n) is 2.63. The first kappa shape index (κ1) is 13.4. The quantitative estimate of drug-likeness (QED) is 0.944. The number of aryl methyl sites for hydroxylation is 1. The number of benzene rings is 1. The second kappa shape index (κ2) is 5.42. The number of aromatic nitrogens is 1. The van der Waals surface area contributed by atoms with Gasteiger partial charge in [0.25, 0.3) is 0 Å². The van der Waals surface area contributed by atoms with Crippen molar-refractivity contribution in [2.24, 2.45) is 0 Å². The molecule has 20 heavy (non-hydrogen) atoms. The molecule has 0 aliphatic carbocycles. The van der Waals surface area contributed by atoms with E-state index < -0.39 is 0 Å². The summed E-state index contributed by atoms with van der Waals surface area (Å²) in [6.45, 7) is 3.00. The molecule has 106 valence electrons. The van der Waals surface area contributed by atoms with Crippen molar-refractivity contribution < 1.29 is 9.47 Å². The van der Waals surface area contributed by atoms with Gasteiger partial charge in [-0.2, -0.15) is 0 Å². The molecule has 4 nitrogen and oxygen atoms in total. The van der Waals surface area contributed by atoms with E-state index >= 15 is 0 Å². The molecule has 5 heteroatoms. The average molecular weight is 290 g/mol. The van der Waals surface area contributed by atoms with Crippen molar-refractivity contribution in [1.82, 2.24) is 10.3 Å². The van der Waals surface area contributed by atoms with Gasteiger partial charge in [0.2, 0.25) is 0 Å². The third-order valence-electron chi connectivity index (χ3n) is 3.56. The van der Waals surface area contributed by atoms with Crippen LogP contribution >= 0.6 is 11.3 Å². The summed E-state index contributed by atoms with van der Waals surface area (Å²) in [6.07, 6.45) is 0.995. The smallest absolute Gasteiger partial charge is 0.127 e. The molecule has 0 bridgehead atoms. The molecule has 1 aromatic heterocycles. The van der Waals surface area contributed by atoms with Crippen molar-refractivity contribution in [3.8, 4) is 11.5 Å². The molecule has 2 heterocycles. The van der Waals surface area contributed by atoms with Crippen LogP contribution in [0.3, 0.4) is 0 Å². The second-order valence-corrected chi connectivity index (χ2v) is 6.02. The van der Waals surface area contributed by atoms with E-state index in [9.17, 15) is 0 Å². The van der Waals surface area contributed by atoms with Gasteiger partial charge in [-0.25, -0.2) is 4.98 Å². The molecule has 1 aromatic carbocycles. The van der Waals surface area contributed by atoms with Gasteiger partial charge in [0.05, 0.1) is 31.0 Å². The van der Waals surface area contributed by atoms with Gasteiger partial charge in [-0.05, 0) is 19.1 Å². The zero-order chi connectivity index (χ0) is 14.1. The van der Waals surface area contributed by atoms with E-state index in [1.165, 1.54) is 10.6 Å². The number of methoxy groups -OCH3 is 2. The molecule has 0 radical (unpaired) electrons. The van der Waals surface area contributed by atoms with Crippen LogP contribution in [0.4, 0.5) is 0 Å². The summed E-state index contributed by atoms with van der Waals surface area (Å²) in [5.41, 5.74) is 2.35. The standard InChI is InChI=1S/C15H18N2O2S/c1-9-17-12-6-7-16-14(15(12)20-9)11-5-4-10(18-2)8-13(11)19-3/h4-5,8,14,16H,6-7H2,1-3H3. The molecule has 1 N–H and O–H groups in total. The van der Waals surface area contributed by atoms with Gasteiger partial charge in [-0.15, -0.1) is 11.3 Å². The minimum absolute atomic E-state index is 0.158. The van der Waals surface area contributed by atoms with E-state index in [4.69, 9.17) is 9.47 Å². The van der Waals surface area contributed by atoms with E-state index in [2.05, 4.69) is 23.3 Å². The zero-order valence-electron chi connectivity index (χ0n) is 11.9. The first-order chi connectivity index (χ1) is 9.72. The first-order valence-corrected chi connectivity index (χ1v) is 7.46. The lowest BCUT2D eigenvalue weighted by molar-refractivity contribution is 0.386. The Kier molecular flexibility index (Phi) is 3.63. The van der Waals surface area contributed by atoms with Gasteiger partial charge in [-0.1, -0.05) is 0 Å². The number of hydrogen-bond donors (Lipinski definition) is 1. The van der Waals surface area contributed by atoms with Gasteiger partial charge < -0.3 is 14.8 Å². The van der Waals surface area contributed by atoms with Crippen molar-refractivity contribution in [2.75, 3.05) is 20.8 Å². The lowest BCUT2D eigenvalue weighted by Crippen LogP contribution is -2.29. The third-order valence-corrected chi connectivity index (χ3v) is 4.64. The molecule has 3 rings (SSSR count). The van der Waals surface area contributed by atoms with Crippen LogP contribution in [-0.2, 0) is 6.42 Å². The Morgan fingerprint density at radius 1 is 1.30 bits per heavy atom. The lowest BCUT2D eigenvalue weighted by Gasteiger charge is -2.25. The van der Waals surface area contributed by atoms with E-state index in [0.29, 0.717) is 0 Å². The van der Waals surface area contributed by atoms with Crippen LogP contribution in [-0.4, -0.2) is 25.7 Å². The SMILES string of the molecule is COc1ccc(C2NCCc3nc(C)sc32)c(OC)c1. The number of nitrogens with zero attached hydrogens (tertiary/aromatic N) is 1. The molecule has 2 aromatic rings. The number of ether oxygens (including phenoxy) is 2. The van der Waals surface area contributed by atoms with Crippen molar-refractivity contribution in [3.63, 3.8) is 0 Å². The Morgan fingerprint density at radius 3 is 2.90 bits per heavy atom. The predicted octanol–water partition coefficient (Wildman–Crippen LogP) is 2.70. The Bertz CT molecular complexity index is 624. The third kappa shape index (κ3) is 2.27. The fourth-order valence-corrected chi connectivity index (χ4v) is 3.69. The summed E-state index contributed by atoms with van der Waals surface area (Å²) < 4.78 is 10.8. The predicted molar refractivity (Wildman–Crippen MR) is 79.9 cm³/mol. The van der Waals surface area contributed by atoms with Crippen molar-refractivity contribution in [3.05, 3.63) is 39.3 Å². The number of fused-ring (bicyclic) bond motifs is 1. The van der Waals surface area contributed by atoms with Crippen molar-refractivity contribution >= 4 is 11.3 Å². The van der Waals surface area contributed by atoms with Crippen LogP contribution in [0.15, 0.2) is 18.2 Å². The topological polar surface area (TPSA) is 43.4 Å². The highest BCUT2D eigenvalue weighted by molar-refractivity contribution is 7.11. The maximum absolute atomic E-state index is 5.53. The Labute approximate surface area is 122 Å². The maximum Gasteiger partial charge on any atom is 0.127 e. The Hall–Kier alpha value is -1.59. The zero-order valence-corrected chi connectivity index (χ0v) is 12.7. The van der Waals surface area contributed by atoms with Gasteiger partial charge in [0.15, 0.2) is 0 Å². The van der Waals surface area contributed by atoms with Crippen LogP contribution < -0.4 is 14.8 Å². The van der Waals surface area contributed by atoms with Gasteiger partial charge in [-0.3, -0.25) is 0 Å². The molecule has 1 unspecified atom stereocenters. The molecule has 0 fully saturated rings. The van der Waals surface area contributed by atoms with Crippen molar-refractivity contribution in [1.29, 1.82) is 0 Å². The summed E-state index contributed by atoms with van der Waals surface area (Å²) in [7, 11) is 3.36. The van der Waals surface area contributed by atoms with E-state index in [1.807, 2.05) is 12.1 Å². The highest BCUT2D eigenvalue weighted by atomic mass is 32.1. The minimum atomic E-state index is 0.158. The van der Waals surface area contributed by atoms with E-state index in [-0.39, 0.29) is 6.04 Å². The molecular formula is C15H18N2O2S. The average Bonchev–Trinajstić information content (AvgIpc) is 2.86. The van der Waals surface area contributed by atoms with Crippen LogP contribution in [0.25, 0.3) is 0 Å². The van der Waals surface area contributed by atoms with Crippen molar-refractivity contribution in [2.45, 2.75) is 19.4 Å². The monoisotopic (exact) mass is 290 g/mol. The summed E-state index contributed by atoms with van der Waals surface area (Å²) in [5, 5.41) is 4.69. The molecule has 0 amide bonds. The molecule has 0 saturated heterocycles. The maximum atomic E-state index is 5.53. The van der Waals surface area contributed by atoms with Crippen LogP contribution in [0, 0.1) is 6.92 Å². The number of thiazole rings is 1. The lowest BCUT2D eigenvalue weighted by atomic mass is 9.99. The van der Waals surface area contributed by atoms with Gasteiger partial charge >= 0.3 is 0 Å². The normalized spacial score (nSPS) is 17.6. The van der Waals surface area contributed by atoms with E-state index in [1.54, 1.807) is 25.6 Å². The number of rotatable bonds is 3. The molecule has 1 aliphatic rings. The number of nitrogens with one attached hydrogen (secondary N) is 1. The van der Waals surface area contributed by atoms with Gasteiger partial charge in [0, 0.05) is 29.5 Å². The van der Waals surface area contributed by atoms with Crippen LogP contribution in [0.5, 0.6) is 11.5 Å². The summed E-state index contributed by atoms with van der Waals surface area (Å²) in [4.78, 5) is 5.93. The largest absolute Gasteiger partial charge is 0.497 e. The Balaban J connectivity index is 2.05. The first-order valence-electron chi connectivity index (χ1n) is 6.64. The Morgan fingerprint density at radius 2 is 2.15 bits per heavy atom. The second-order valence-electron chi connectivity index (χ2n) is 4.79. The van der Waals surface area contributed by atoms with E-state index in [0.717, 1.165) is 35.0 Å². The fraction of sp³-hybridized carbons (Fsp3) is 0.400. The summed E-state index contributed by atoms with van der Waals surface area (Å²) in [5.74, 6) is 1.66. The molecule has 0 saturated carbocycles. The summed E-state index contributed by atoms with van der Waals surface area (Å²) in [6, 6.07) is 6.13. The van der Waals surface area contributed by atoms with Crippen LogP contribution in [0.1, 0.15) is 27.2 Å². The molecule has 1 atom stereocenters. The highest BCUT2D eigenvalue weighted by Crippen LogP contribution is 2.38. The molecule has 0 spiro atoms.